The van der Waals surface area contributed by atoms with Crippen molar-refractivity contribution in [3.05, 3.63) is 53.1 Å². The molecular formula is C36H43N3. The van der Waals surface area contributed by atoms with Gasteiger partial charge in [0.1, 0.15) is 0 Å². The van der Waals surface area contributed by atoms with Gasteiger partial charge >= 0.3 is 0 Å². The Hall–Kier alpha value is -2.68. The molecule has 0 amide bonds. The van der Waals surface area contributed by atoms with Crippen molar-refractivity contribution in [3.63, 3.8) is 0 Å². The number of nitrogens with zero attached hydrogens (tertiary/aromatic N) is 3. The average molecular weight is 518 g/mol. The molecule has 0 radical (unpaired) electrons. The maximum Gasteiger partial charge on any atom is 0.0728 e. The zero-order valence-electron chi connectivity index (χ0n) is 24.1. The first-order valence-corrected chi connectivity index (χ1v) is 16.2. The summed E-state index contributed by atoms with van der Waals surface area (Å²) in [6, 6.07) is 7.16. The molecule has 0 saturated heterocycles. The van der Waals surface area contributed by atoms with E-state index in [0.717, 1.165) is 18.3 Å². The van der Waals surface area contributed by atoms with Crippen LogP contribution in [-0.4, -0.2) is 14.4 Å². The number of aryl methyl sites for hydroxylation is 1. The van der Waals surface area contributed by atoms with Crippen LogP contribution in [0.2, 0.25) is 0 Å². The lowest BCUT2D eigenvalue weighted by Gasteiger charge is -2.27. The SMILES string of the molecule is CCC1CCCc2ncc3c(c2C(CC)C1)c1cccc2c4c5c(ncc4n3c12)C1CCCC(C1)CC5CC. The molecule has 1 saturated carbocycles. The van der Waals surface area contributed by atoms with Gasteiger partial charge in [-0.1, -0.05) is 64.7 Å². The first kappa shape index (κ1) is 24.1. The third kappa shape index (κ3) is 3.40. The molecule has 4 heterocycles. The van der Waals surface area contributed by atoms with Crippen molar-refractivity contribution in [2.45, 2.75) is 116 Å². The van der Waals surface area contributed by atoms with Gasteiger partial charge in [-0.3, -0.25) is 9.97 Å². The lowest BCUT2D eigenvalue weighted by molar-refractivity contribution is 0.301. The second-order valence-electron chi connectivity index (χ2n) is 13.3. The molecule has 0 aliphatic heterocycles. The fourth-order valence-electron chi connectivity index (χ4n) is 9.51. The average Bonchev–Trinajstić information content (AvgIpc) is 3.45. The van der Waals surface area contributed by atoms with Gasteiger partial charge in [-0.25, -0.2) is 0 Å². The number of aromatic nitrogens is 3. The molecule has 0 N–H and O–H groups in total. The summed E-state index contributed by atoms with van der Waals surface area (Å²) in [5.74, 6) is 3.57. The van der Waals surface area contributed by atoms with Crippen molar-refractivity contribution < 1.29 is 0 Å². The zero-order valence-corrected chi connectivity index (χ0v) is 24.1. The van der Waals surface area contributed by atoms with E-state index in [1.807, 2.05) is 0 Å². The van der Waals surface area contributed by atoms with Gasteiger partial charge in [0, 0.05) is 38.9 Å². The first-order chi connectivity index (χ1) is 19.2. The van der Waals surface area contributed by atoms with Crippen molar-refractivity contribution in [3.8, 4) is 0 Å². The molecule has 0 spiro atoms. The molecule has 5 aromatic rings. The van der Waals surface area contributed by atoms with E-state index < -0.39 is 0 Å². The predicted octanol–water partition coefficient (Wildman–Crippen LogP) is 10.0. The highest BCUT2D eigenvalue weighted by molar-refractivity contribution is 6.24. The Morgan fingerprint density at radius 3 is 2.28 bits per heavy atom. The molecule has 8 rings (SSSR count). The van der Waals surface area contributed by atoms with Gasteiger partial charge in [0.05, 0.1) is 28.9 Å². The number of fused-ring (bicyclic) bond motifs is 13. The zero-order chi connectivity index (χ0) is 26.2. The van der Waals surface area contributed by atoms with E-state index in [1.165, 1.54) is 120 Å². The Kier molecular flexibility index (Phi) is 5.68. The van der Waals surface area contributed by atoms with Gasteiger partial charge in [-0.05, 0) is 86.2 Å². The van der Waals surface area contributed by atoms with Crippen LogP contribution in [0.15, 0.2) is 30.6 Å². The van der Waals surface area contributed by atoms with Gasteiger partial charge in [0.15, 0.2) is 0 Å². The molecule has 5 atom stereocenters. The van der Waals surface area contributed by atoms with Gasteiger partial charge < -0.3 is 4.40 Å². The molecule has 3 nitrogen and oxygen atoms in total. The summed E-state index contributed by atoms with van der Waals surface area (Å²) in [6.07, 6.45) is 20.0. The molecule has 5 unspecified atom stereocenters. The highest BCUT2D eigenvalue weighted by Gasteiger charge is 2.36. The third-order valence-electron chi connectivity index (χ3n) is 11.4. The number of pyridine rings is 2. The fraction of sp³-hybridized carbons (Fsp3) is 0.556. The topological polar surface area (TPSA) is 30.2 Å². The molecule has 3 aliphatic rings. The summed E-state index contributed by atoms with van der Waals surface area (Å²) in [5, 5.41) is 5.89. The second-order valence-corrected chi connectivity index (χ2v) is 13.3. The molecule has 202 valence electrons. The minimum Gasteiger partial charge on any atom is -0.305 e. The van der Waals surface area contributed by atoms with Crippen molar-refractivity contribution in [1.29, 1.82) is 0 Å². The molecule has 39 heavy (non-hydrogen) atoms. The highest BCUT2D eigenvalue weighted by Crippen LogP contribution is 2.52. The van der Waals surface area contributed by atoms with Gasteiger partial charge in [0.25, 0.3) is 0 Å². The Morgan fingerprint density at radius 1 is 0.769 bits per heavy atom. The van der Waals surface area contributed by atoms with Gasteiger partial charge in [0.2, 0.25) is 0 Å². The summed E-state index contributed by atoms with van der Waals surface area (Å²) in [6.45, 7) is 7.19. The van der Waals surface area contributed by atoms with E-state index in [4.69, 9.17) is 9.97 Å². The molecular weight excluding hydrogens is 474 g/mol. The monoisotopic (exact) mass is 517 g/mol. The van der Waals surface area contributed by atoms with Crippen LogP contribution >= 0.6 is 0 Å². The Bertz CT molecular complexity index is 1690. The summed E-state index contributed by atoms with van der Waals surface area (Å²) < 4.78 is 2.57. The molecule has 2 bridgehead atoms. The van der Waals surface area contributed by atoms with E-state index in [0.29, 0.717) is 17.8 Å². The summed E-state index contributed by atoms with van der Waals surface area (Å²) in [4.78, 5) is 10.6. The lowest BCUT2D eigenvalue weighted by atomic mass is 9.78. The number of benzene rings is 1. The minimum absolute atomic E-state index is 0.594. The molecule has 3 aliphatic carbocycles. The van der Waals surface area contributed by atoms with Gasteiger partial charge in [-0.2, -0.15) is 0 Å². The van der Waals surface area contributed by atoms with E-state index >= 15 is 0 Å². The van der Waals surface area contributed by atoms with Crippen LogP contribution in [0.5, 0.6) is 0 Å². The Labute approximate surface area is 232 Å². The van der Waals surface area contributed by atoms with E-state index in [9.17, 15) is 0 Å². The number of para-hydroxylation sites is 1. The first-order valence-electron chi connectivity index (χ1n) is 16.2. The Morgan fingerprint density at radius 2 is 1.51 bits per heavy atom. The van der Waals surface area contributed by atoms with Crippen molar-refractivity contribution in [2.75, 3.05) is 0 Å². The van der Waals surface area contributed by atoms with E-state index in [-0.39, 0.29) is 0 Å². The van der Waals surface area contributed by atoms with E-state index in [2.05, 4.69) is 55.8 Å². The number of hydrogen-bond donors (Lipinski definition) is 0. The second kappa shape index (κ2) is 9.18. The van der Waals surface area contributed by atoms with Gasteiger partial charge in [-0.15, -0.1) is 0 Å². The Balaban J connectivity index is 1.46. The third-order valence-corrected chi connectivity index (χ3v) is 11.4. The largest absolute Gasteiger partial charge is 0.305 e. The van der Waals surface area contributed by atoms with Crippen LogP contribution < -0.4 is 0 Å². The maximum atomic E-state index is 5.35. The quantitative estimate of drug-likeness (QED) is 0.238. The van der Waals surface area contributed by atoms with Crippen LogP contribution in [-0.2, 0) is 6.42 Å². The van der Waals surface area contributed by atoms with Crippen molar-refractivity contribution in [2.24, 2.45) is 11.8 Å². The highest BCUT2D eigenvalue weighted by atomic mass is 14.9. The minimum atomic E-state index is 0.594. The summed E-state index contributed by atoms with van der Waals surface area (Å²) >= 11 is 0. The standard InChI is InChI=1S/C36H43N3/c1-4-21-10-8-15-28-31(23(5-2)16-21)33-26-13-9-14-27-34-30(39(36(26)27)29(33)19-37-28)20-38-35-25-12-7-11-22(18-25)17-24(6-3)32(34)35/h9,13-14,19-25H,4-8,10-12,15-18H2,1-3H3. The fourth-order valence-corrected chi connectivity index (χ4v) is 9.51. The van der Waals surface area contributed by atoms with Crippen molar-refractivity contribution in [1.82, 2.24) is 14.4 Å². The van der Waals surface area contributed by atoms with Crippen molar-refractivity contribution >= 4 is 38.1 Å². The van der Waals surface area contributed by atoms with Crippen LogP contribution in [0, 0.1) is 11.8 Å². The van der Waals surface area contributed by atoms with Crippen LogP contribution in [0.1, 0.15) is 132 Å². The maximum absolute atomic E-state index is 5.35. The smallest absolute Gasteiger partial charge is 0.0728 e. The molecule has 4 aromatic heterocycles. The summed E-state index contributed by atoms with van der Waals surface area (Å²) in [7, 11) is 0. The summed E-state index contributed by atoms with van der Waals surface area (Å²) in [5.41, 5.74) is 10.0. The lowest BCUT2D eigenvalue weighted by Crippen LogP contribution is -2.14. The van der Waals surface area contributed by atoms with Crippen LogP contribution in [0.25, 0.3) is 38.1 Å². The van der Waals surface area contributed by atoms with E-state index in [1.54, 1.807) is 11.1 Å². The molecule has 1 aromatic carbocycles. The molecule has 3 heteroatoms. The number of rotatable bonds is 3. The predicted molar refractivity (Wildman–Crippen MR) is 163 cm³/mol. The number of hydrogen-bond acceptors (Lipinski definition) is 2. The van der Waals surface area contributed by atoms with Crippen LogP contribution in [0.3, 0.4) is 0 Å². The normalized spacial score (nSPS) is 27.5. The molecule has 1 fully saturated rings. The van der Waals surface area contributed by atoms with Crippen LogP contribution in [0.4, 0.5) is 0 Å².